The molecular weight excluding hydrogens is 148 g/mol. The predicted molar refractivity (Wildman–Crippen MR) is 47.8 cm³/mol. The Morgan fingerprint density at radius 1 is 1.17 bits per heavy atom. The average Bonchev–Trinajstić information content (AvgIpc) is 2.69. The molecule has 1 aliphatic heterocycles. The minimum absolute atomic E-state index is 0.646. The minimum atomic E-state index is 0.646. The Bertz CT molecular complexity index is 205. The first kappa shape index (κ1) is 7.14. The fraction of sp³-hybridized carbons (Fsp3) is 0.818. The Labute approximate surface area is 73.8 Å². The van der Waals surface area contributed by atoms with Gasteiger partial charge in [-0.05, 0) is 43.4 Å². The molecule has 0 amide bonds. The van der Waals surface area contributed by atoms with Crippen LogP contribution in [-0.2, 0) is 4.74 Å². The van der Waals surface area contributed by atoms with Gasteiger partial charge < -0.3 is 4.74 Å². The first-order valence-corrected chi connectivity index (χ1v) is 5.22. The van der Waals surface area contributed by atoms with Crippen LogP contribution in [0.25, 0.3) is 0 Å². The molecule has 1 saturated carbocycles. The van der Waals surface area contributed by atoms with Crippen LogP contribution in [0.1, 0.15) is 25.7 Å². The third-order valence-electron chi connectivity index (χ3n) is 3.68. The first-order valence-electron chi connectivity index (χ1n) is 5.22. The van der Waals surface area contributed by atoms with Gasteiger partial charge >= 0.3 is 0 Å². The van der Waals surface area contributed by atoms with Crippen LogP contribution in [0.3, 0.4) is 0 Å². The molecule has 1 heterocycles. The van der Waals surface area contributed by atoms with Gasteiger partial charge in [0.25, 0.3) is 0 Å². The molecule has 66 valence electrons. The van der Waals surface area contributed by atoms with E-state index in [2.05, 4.69) is 12.2 Å². The topological polar surface area (TPSA) is 12.5 Å². The zero-order valence-corrected chi connectivity index (χ0v) is 7.41. The van der Waals surface area contributed by atoms with Crippen molar-refractivity contribution >= 4 is 0 Å². The Hall–Kier alpha value is -0.300. The summed E-state index contributed by atoms with van der Waals surface area (Å²) in [6.45, 7) is 1.04. The number of fused-ring (bicyclic) bond motifs is 2. The quantitative estimate of drug-likeness (QED) is 0.461. The molecule has 0 aromatic heterocycles. The van der Waals surface area contributed by atoms with Crippen LogP contribution >= 0.6 is 0 Å². The van der Waals surface area contributed by atoms with Gasteiger partial charge in [0.15, 0.2) is 0 Å². The van der Waals surface area contributed by atoms with Gasteiger partial charge in [-0.15, -0.1) is 0 Å². The molecule has 0 radical (unpaired) electrons. The number of ether oxygens (including phenoxy) is 1. The van der Waals surface area contributed by atoms with Gasteiger partial charge in [0.1, 0.15) is 0 Å². The van der Waals surface area contributed by atoms with Crippen molar-refractivity contribution in [2.24, 2.45) is 17.8 Å². The van der Waals surface area contributed by atoms with E-state index in [1.807, 2.05) is 0 Å². The average molecular weight is 164 g/mol. The summed E-state index contributed by atoms with van der Waals surface area (Å²) in [5.41, 5.74) is 0. The molecule has 1 nitrogen and oxygen atoms in total. The van der Waals surface area contributed by atoms with Gasteiger partial charge in [-0.25, -0.2) is 0 Å². The summed E-state index contributed by atoms with van der Waals surface area (Å²) in [5, 5.41) is 0. The van der Waals surface area contributed by atoms with Crippen molar-refractivity contribution in [2.75, 3.05) is 6.61 Å². The molecule has 1 heteroatoms. The number of hydrogen-bond donors (Lipinski definition) is 0. The monoisotopic (exact) mass is 164 g/mol. The van der Waals surface area contributed by atoms with Crippen molar-refractivity contribution in [3.63, 3.8) is 0 Å². The van der Waals surface area contributed by atoms with Gasteiger partial charge in [-0.1, -0.05) is 12.2 Å². The highest BCUT2D eigenvalue weighted by atomic mass is 16.6. The Balaban J connectivity index is 1.53. The van der Waals surface area contributed by atoms with Gasteiger partial charge in [-0.3, -0.25) is 0 Å². The van der Waals surface area contributed by atoms with E-state index in [1.54, 1.807) is 0 Å². The van der Waals surface area contributed by atoms with Crippen molar-refractivity contribution in [1.29, 1.82) is 0 Å². The number of rotatable bonds is 3. The molecule has 0 aromatic rings. The first-order chi connectivity index (χ1) is 5.92. The lowest BCUT2D eigenvalue weighted by atomic mass is 9.89. The fourth-order valence-corrected chi connectivity index (χ4v) is 2.86. The van der Waals surface area contributed by atoms with Crippen molar-refractivity contribution < 1.29 is 4.74 Å². The van der Waals surface area contributed by atoms with Gasteiger partial charge in [0.2, 0.25) is 0 Å². The standard InChI is InChI=1S/C11H16O/c1-2-9-5-8(1)6-10(9)3-4-11-7-12-11/h1-2,8-11H,3-7H2. The molecule has 2 fully saturated rings. The molecule has 0 spiro atoms. The molecular formula is C11H16O. The van der Waals surface area contributed by atoms with Crippen LogP contribution in [0.2, 0.25) is 0 Å². The fourth-order valence-electron chi connectivity index (χ4n) is 2.86. The van der Waals surface area contributed by atoms with Crippen LogP contribution in [0.5, 0.6) is 0 Å². The highest BCUT2D eigenvalue weighted by molar-refractivity contribution is 5.10. The minimum Gasteiger partial charge on any atom is -0.373 e. The van der Waals surface area contributed by atoms with Crippen LogP contribution in [0, 0.1) is 17.8 Å². The van der Waals surface area contributed by atoms with E-state index in [-0.39, 0.29) is 0 Å². The van der Waals surface area contributed by atoms with E-state index < -0.39 is 0 Å². The summed E-state index contributed by atoms with van der Waals surface area (Å²) in [6.07, 6.45) is 11.2. The zero-order chi connectivity index (χ0) is 7.97. The van der Waals surface area contributed by atoms with Crippen molar-refractivity contribution in [2.45, 2.75) is 31.8 Å². The van der Waals surface area contributed by atoms with E-state index in [0.29, 0.717) is 6.10 Å². The van der Waals surface area contributed by atoms with Crippen LogP contribution < -0.4 is 0 Å². The Morgan fingerprint density at radius 2 is 2.08 bits per heavy atom. The highest BCUT2D eigenvalue weighted by Crippen LogP contribution is 2.45. The lowest BCUT2D eigenvalue weighted by Crippen LogP contribution is -2.07. The highest BCUT2D eigenvalue weighted by Gasteiger charge is 2.36. The summed E-state index contributed by atoms with van der Waals surface area (Å²) in [5.74, 6) is 2.89. The molecule has 2 aliphatic carbocycles. The van der Waals surface area contributed by atoms with Crippen molar-refractivity contribution in [3.8, 4) is 0 Å². The van der Waals surface area contributed by atoms with E-state index in [0.717, 1.165) is 24.4 Å². The molecule has 1 saturated heterocycles. The maximum Gasteiger partial charge on any atom is 0.0810 e. The summed E-state index contributed by atoms with van der Waals surface area (Å²) >= 11 is 0. The normalized spacial score (nSPS) is 48.7. The van der Waals surface area contributed by atoms with E-state index in [1.165, 1.54) is 25.7 Å². The molecule has 2 bridgehead atoms. The van der Waals surface area contributed by atoms with Crippen LogP contribution in [0.15, 0.2) is 12.2 Å². The summed E-state index contributed by atoms with van der Waals surface area (Å²) < 4.78 is 5.23. The zero-order valence-electron chi connectivity index (χ0n) is 7.41. The largest absolute Gasteiger partial charge is 0.373 e. The third-order valence-corrected chi connectivity index (χ3v) is 3.68. The molecule has 0 N–H and O–H groups in total. The predicted octanol–water partition coefficient (Wildman–Crippen LogP) is 2.38. The van der Waals surface area contributed by atoms with E-state index in [9.17, 15) is 0 Å². The van der Waals surface area contributed by atoms with Crippen LogP contribution in [-0.4, -0.2) is 12.7 Å². The summed E-state index contributed by atoms with van der Waals surface area (Å²) in [4.78, 5) is 0. The van der Waals surface area contributed by atoms with Crippen molar-refractivity contribution in [1.82, 2.24) is 0 Å². The van der Waals surface area contributed by atoms with Crippen LogP contribution in [0.4, 0.5) is 0 Å². The van der Waals surface area contributed by atoms with Gasteiger partial charge in [-0.2, -0.15) is 0 Å². The second kappa shape index (κ2) is 2.59. The molecule has 12 heavy (non-hydrogen) atoms. The summed E-state index contributed by atoms with van der Waals surface area (Å²) in [6, 6.07) is 0. The number of allylic oxidation sites excluding steroid dienone is 2. The Kier molecular flexibility index (Phi) is 1.54. The van der Waals surface area contributed by atoms with E-state index >= 15 is 0 Å². The van der Waals surface area contributed by atoms with E-state index in [4.69, 9.17) is 4.74 Å². The lowest BCUT2D eigenvalue weighted by Gasteiger charge is -2.16. The second-order valence-corrected chi connectivity index (χ2v) is 4.57. The molecule has 3 aliphatic rings. The summed E-state index contributed by atoms with van der Waals surface area (Å²) in [7, 11) is 0. The third kappa shape index (κ3) is 1.20. The Morgan fingerprint density at radius 3 is 2.67 bits per heavy atom. The second-order valence-electron chi connectivity index (χ2n) is 4.57. The molecule has 0 aromatic carbocycles. The smallest absolute Gasteiger partial charge is 0.0810 e. The number of epoxide rings is 1. The number of hydrogen-bond acceptors (Lipinski definition) is 1. The molecule has 4 atom stereocenters. The van der Waals surface area contributed by atoms with Crippen molar-refractivity contribution in [3.05, 3.63) is 12.2 Å². The van der Waals surface area contributed by atoms with Gasteiger partial charge in [0.05, 0.1) is 12.7 Å². The van der Waals surface area contributed by atoms with Gasteiger partial charge in [0, 0.05) is 0 Å². The SMILES string of the molecule is C1=CC2CC1CC2CCC1CO1. The maximum absolute atomic E-state index is 5.23. The maximum atomic E-state index is 5.23. The molecule has 3 rings (SSSR count). The molecule has 4 unspecified atom stereocenters. The lowest BCUT2D eigenvalue weighted by molar-refractivity contribution is 0.345.